The zero-order valence-corrected chi connectivity index (χ0v) is 15.3. The monoisotopic (exact) mass is 356 g/mol. The normalized spacial score (nSPS) is 17.6. The molecular weight excluding hydrogens is 340 g/mol. The summed E-state index contributed by atoms with van der Waals surface area (Å²) in [6, 6.07) is 11.7. The van der Waals surface area contributed by atoms with Gasteiger partial charge in [-0.15, -0.1) is 0 Å². The van der Waals surface area contributed by atoms with Crippen LogP contribution in [-0.4, -0.2) is 11.1 Å². The van der Waals surface area contributed by atoms with E-state index in [-0.39, 0.29) is 5.91 Å². The number of carbonyl (C=O) groups excluding carboxylic acids is 1. The minimum absolute atomic E-state index is 0.129. The van der Waals surface area contributed by atoms with E-state index in [1.807, 2.05) is 31.2 Å². The second-order valence-electron chi connectivity index (χ2n) is 5.76. The lowest BCUT2D eigenvalue weighted by atomic mass is 10.1. The van der Waals surface area contributed by atoms with Crippen LogP contribution in [0.5, 0.6) is 0 Å². The Bertz CT molecular complexity index is 887. The van der Waals surface area contributed by atoms with Crippen LogP contribution in [0.4, 0.5) is 5.69 Å². The van der Waals surface area contributed by atoms with Crippen molar-refractivity contribution >= 4 is 46.2 Å². The Morgan fingerprint density at radius 3 is 2.50 bits per heavy atom. The largest absolute Gasteiger partial charge is 0.300 e. The first-order valence-electron chi connectivity index (χ1n) is 7.55. The first-order chi connectivity index (χ1) is 11.4. The Hall–Kier alpha value is -2.04. The third-order valence-corrected chi connectivity index (χ3v) is 5.18. The first-order valence-corrected chi connectivity index (χ1v) is 8.75. The molecule has 1 aliphatic rings. The minimum atomic E-state index is -0.129. The Labute approximate surface area is 150 Å². The van der Waals surface area contributed by atoms with Crippen molar-refractivity contribution in [3.63, 3.8) is 0 Å². The Balaban J connectivity index is 1.84. The molecule has 3 rings (SSSR count). The summed E-state index contributed by atoms with van der Waals surface area (Å²) in [7, 11) is 0. The van der Waals surface area contributed by atoms with Crippen LogP contribution in [0, 0.1) is 20.8 Å². The lowest BCUT2D eigenvalue weighted by molar-refractivity contribution is -0.115. The SMILES string of the molecule is Cc1ccc(C=C2SC(=Nc3ccc(C)c(Cl)c3)NC2=O)cc1C. The number of aryl methyl sites for hydroxylation is 3. The fraction of sp³-hybridized carbons (Fsp3) is 0.158. The van der Waals surface area contributed by atoms with Gasteiger partial charge in [0.25, 0.3) is 5.91 Å². The molecule has 1 fully saturated rings. The van der Waals surface area contributed by atoms with Crippen LogP contribution in [0.25, 0.3) is 6.08 Å². The summed E-state index contributed by atoms with van der Waals surface area (Å²) in [6.07, 6.45) is 1.89. The quantitative estimate of drug-likeness (QED) is 0.755. The summed E-state index contributed by atoms with van der Waals surface area (Å²) < 4.78 is 0. The van der Waals surface area contributed by atoms with Crippen LogP contribution in [-0.2, 0) is 4.79 Å². The van der Waals surface area contributed by atoms with E-state index in [0.717, 1.165) is 16.8 Å². The summed E-state index contributed by atoms with van der Waals surface area (Å²) in [6.45, 7) is 6.07. The molecule has 0 aromatic heterocycles. The van der Waals surface area contributed by atoms with Gasteiger partial charge >= 0.3 is 0 Å². The van der Waals surface area contributed by atoms with Crippen LogP contribution in [0.15, 0.2) is 46.3 Å². The minimum Gasteiger partial charge on any atom is -0.300 e. The molecule has 0 bridgehead atoms. The van der Waals surface area contributed by atoms with Crippen LogP contribution in [0.1, 0.15) is 22.3 Å². The van der Waals surface area contributed by atoms with Gasteiger partial charge in [0.15, 0.2) is 5.17 Å². The summed E-state index contributed by atoms with van der Waals surface area (Å²) in [5, 5.41) is 4.02. The molecule has 0 aliphatic carbocycles. The van der Waals surface area contributed by atoms with E-state index in [2.05, 4.69) is 36.3 Å². The number of amides is 1. The van der Waals surface area contributed by atoms with Crippen molar-refractivity contribution in [2.75, 3.05) is 0 Å². The molecular formula is C19H17ClN2OS. The molecule has 0 saturated carbocycles. The van der Waals surface area contributed by atoms with E-state index < -0.39 is 0 Å². The van der Waals surface area contributed by atoms with Crippen LogP contribution in [0.3, 0.4) is 0 Å². The number of amidine groups is 1. The number of hydrogen-bond donors (Lipinski definition) is 1. The molecule has 24 heavy (non-hydrogen) atoms. The molecule has 0 spiro atoms. The number of thioether (sulfide) groups is 1. The zero-order chi connectivity index (χ0) is 17.3. The number of nitrogens with zero attached hydrogens (tertiary/aromatic N) is 1. The maximum Gasteiger partial charge on any atom is 0.264 e. The number of hydrogen-bond acceptors (Lipinski definition) is 3. The van der Waals surface area contributed by atoms with Crippen molar-refractivity contribution in [2.45, 2.75) is 20.8 Å². The van der Waals surface area contributed by atoms with Gasteiger partial charge in [0.05, 0.1) is 10.6 Å². The fourth-order valence-electron chi connectivity index (χ4n) is 2.25. The maximum atomic E-state index is 12.1. The fourth-order valence-corrected chi connectivity index (χ4v) is 3.27. The van der Waals surface area contributed by atoms with Gasteiger partial charge in [-0.2, -0.15) is 0 Å². The highest BCUT2D eigenvalue weighted by molar-refractivity contribution is 8.18. The Morgan fingerprint density at radius 2 is 1.79 bits per heavy atom. The molecule has 2 aromatic carbocycles. The molecule has 0 radical (unpaired) electrons. The highest BCUT2D eigenvalue weighted by Crippen LogP contribution is 2.29. The van der Waals surface area contributed by atoms with E-state index in [4.69, 9.17) is 11.6 Å². The standard InChI is InChI=1S/C19H17ClN2OS/c1-11-4-6-14(8-13(11)3)9-17-18(23)22-19(24-17)21-15-7-5-12(2)16(20)10-15/h4-10H,1-3H3,(H,21,22,23). The number of halogens is 1. The molecule has 1 N–H and O–H groups in total. The molecule has 122 valence electrons. The molecule has 0 atom stereocenters. The van der Waals surface area contributed by atoms with E-state index in [1.54, 1.807) is 6.07 Å². The van der Waals surface area contributed by atoms with Crippen molar-refractivity contribution < 1.29 is 4.79 Å². The van der Waals surface area contributed by atoms with E-state index in [9.17, 15) is 4.79 Å². The van der Waals surface area contributed by atoms with Gasteiger partial charge in [-0.3, -0.25) is 4.79 Å². The third-order valence-electron chi connectivity index (χ3n) is 3.87. The highest BCUT2D eigenvalue weighted by Gasteiger charge is 2.23. The van der Waals surface area contributed by atoms with E-state index >= 15 is 0 Å². The molecule has 2 aromatic rings. The molecule has 5 heteroatoms. The molecule has 3 nitrogen and oxygen atoms in total. The Morgan fingerprint density at radius 1 is 1.04 bits per heavy atom. The van der Waals surface area contributed by atoms with Crippen LogP contribution >= 0.6 is 23.4 Å². The number of carbonyl (C=O) groups is 1. The van der Waals surface area contributed by atoms with Crippen LogP contribution < -0.4 is 5.32 Å². The average molecular weight is 357 g/mol. The molecule has 0 unspecified atom stereocenters. The lowest BCUT2D eigenvalue weighted by Gasteiger charge is -2.01. The van der Waals surface area contributed by atoms with E-state index in [0.29, 0.717) is 15.1 Å². The van der Waals surface area contributed by atoms with Gasteiger partial charge in [0.2, 0.25) is 0 Å². The van der Waals surface area contributed by atoms with Gasteiger partial charge < -0.3 is 5.32 Å². The summed E-state index contributed by atoms with van der Waals surface area (Å²) in [5.74, 6) is -0.129. The highest BCUT2D eigenvalue weighted by atomic mass is 35.5. The second-order valence-corrected chi connectivity index (χ2v) is 7.20. The van der Waals surface area contributed by atoms with Crippen molar-refractivity contribution in [2.24, 2.45) is 4.99 Å². The summed E-state index contributed by atoms with van der Waals surface area (Å²) >= 11 is 7.45. The predicted molar refractivity (Wildman–Crippen MR) is 103 cm³/mol. The average Bonchev–Trinajstić information content (AvgIpc) is 2.86. The van der Waals surface area contributed by atoms with Crippen molar-refractivity contribution in [1.82, 2.24) is 5.32 Å². The van der Waals surface area contributed by atoms with Gasteiger partial charge in [-0.1, -0.05) is 35.9 Å². The maximum absolute atomic E-state index is 12.1. The third kappa shape index (κ3) is 3.71. The summed E-state index contributed by atoms with van der Waals surface area (Å²) in [4.78, 5) is 17.2. The van der Waals surface area contributed by atoms with Gasteiger partial charge in [0, 0.05) is 5.02 Å². The first kappa shape index (κ1) is 16.8. The van der Waals surface area contributed by atoms with Gasteiger partial charge in [-0.25, -0.2) is 4.99 Å². The topological polar surface area (TPSA) is 41.5 Å². The Kier molecular flexibility index (Phi) is 4.78. The molecule has 1 heterocycles. The lowest BCUT2D eigenvalue weighted by Crippen LogP contribution is -2.19. The van der Waals surface area contributed by atoms with Gasteiger partial charge in [-0.05, 0) is 73.0 Å². The molecule has 1 aliphatic heterocycles. The van der Waals surface area contributed by atoms with Crippen molar-refractivity contribution in [3.05, 3.63) is 68.6 Å². The second kappa shape index (κ2) is 6.83. The van der Waals surface area contributed by atoms with Crippen LogP contribution in [0.2, 0.25) is 5.02 Å². The number of aliphatic imine (C=N–C) groups is 1. The molecule has 1 amide bonds. The summed E-state index contributed by atoms with van der Waals surface area (Å²) in [5.41, 5.74) is 5.17. The number of nitrogens with one attached hydrogen (secondary N) is 1. The number of benzene rings is 2. The predicted octanol–water partition coefficient (Wildman–Crippen LogP) is 5.16. The van der Waals surface area contributed by atoms with Crippen molar-refractivity contribution in [3.8, 4) is 0 Å². The van der Waals surface area contributed by atoms with Gasteiger partial charge in [0.1, 0.15) is 0 Å². The molecule has 1 saturated heterocycles. The van der Waals surface area contributed by atoms with E-state index in [1.165, 1.54) is 22.9 Å². The number of rotatable bonds is 2. The smallest absolute Gasteiger partial charge is 0.264 e. The zero-order valence-electron chi connectivity index (χ0n) is 13.7. The van der Waals surface area contributed by atoms with Crippen molar-refractivity contribution in [1.29, 1.82) is 0 Å².